The molecule has 0 spiro atoms. The number of hydrogen-bond donors (Lipinski definition) is 0. The maximum atomic E-state index is 12.0. The van der Waals surface area contributed by atoms with Gasteiger partial charge in [-0.05, 0) is 17.7 Å². The van der Waals surface area contributed by atoms with E-state index in [1.54, 1.807) is 23.8 Å². The molecule has 17 heavy (non-hydrogen) atoms. The quantitative estimate of drug-likeness (QED) is 0.784. The SMILES string of the molecule is COc1cccc(CC(=O)N2CCSC2=S)c1. The van der Waals surface area contributed by atoms with Gasteiger partial charge in [0.15, 0.2) is 0 Å². The van der Waals surface area contributed by atoms with E-state index in [1.807, 2.05) is 24.3 Å². The Labute approximate surface area is 110 Å². The number of nitrogens with zero attached hydrogens (tertiary/aromatic N) is 1. The van der Waals surface area contributed by atoms with Gasteiger partial charge in [0, 0.05) is 12.3 Å². The van der Waals surface area contributed by atoms with Crippen LogP contribution in [0.3, 0.4) is 0 Å². The number of benzene rings is 1. The average molecular weight is 267 g/mol. The number of amides is 1. The Hall–Kier alpha value is -1.07. The summed E-state index contributed by atoms with van der Waals surface area (Å²) in [4.78, 5) is 13.7. The van der Waals surface area contributed by atoms with Gasteiger partial charge in [-0.1, -0.05) is 36.1 Å². The van der Waals surface area contributed by atoms with E-state index in [0.717, 1.165) is 23.6 Å². The second-order valence-corrected chi connectivity index (χ2v) is 5.42. The van der Waals surface area contributed by atoms with E-state index < -0.39 is 0 Å². The van der Waals surface area contributed by atoms with Crippen molar-refractivity contribution in [2.24, 2.45) is 0 Å². The molecule has 0 unspecified atom stereocenters. The number of methoxy groups -OCH3 is 1. The summed E-state index contributed by atoms with van der Waals surface area (Å²) in [6, 6.07) is 7.56. The predicted molar refractivity (Wildman–Crippen MR) is 73.5 cm³/mol. The second-order valence-electron chi connectivity index (χ2n) is 3.69. The topological polar surface area (TPSA) is 29.5 Å². The van der Waals surface area contributed by atoms with Crippen molar-refractivity contribution in [1.29, 1.82) is 0 Å². The first-order valence-corrected chi connectivity index (χ1v) is 6.70. The first-order valence-electron chi connectivity index (χ1n) is 5.31. The van der Waals surface area contributed by atoms with E-state index in [2.05, 4.69) is 0 Å². The number of ether oxygens (including phenoxy) is 1. The van der Waals surface area contributed by atoms with E-state index in [9.17, 15) is 4.79 Å². The smallest absolute Gasteiger partial charge is 0.232 e. The van der Waals surface area contributed by atoms with Crippen LogP contribution >= 0.6 is 24.0 Å². The molecule has 0 aliphatic carbocycles. The molecule has 0 N–H and O–H groups in total. The maximum absolute atomic E-state index is 12.0. The summed E-state index contributed by atoms with van der Waals surface area (Å²) in [6.45, 7) is 0.728. The normalized spacial score (nSPS) is 15.1. The highest BCUT2D eigenvalue weighted by Crippen LogP contribution is 2.20. The number of thioether (sulfide) groups is 1. The first-order chi connectivity index (χ1) is 8.20. The van der Waals surface area contributed by atoms with Crippen LogP contribution in [0, 0.1) is 0 Å². The van der Waals surface area contributed by atoms with E-state index in [0.29, 0.717) is 10.7 Å². The van der Waals surface area contributed by atoms with Crippen molar-refractivity contribution in [3.63, 3.8) is 0 Å². The van der Waals surface area contributed by atoms with Crippen molar-refractivity contribution >= 4 is 34.2 Å². The summed E-state index contributed by atoms with van der Waals surface area (Å²) in [5, 5.41) is 0. The van der Waals surface area contributed by atoms with Crippen molar-refractivity contribution in [3.8, 4) is 5.75 Å². The van der Waals surface area contributed by atoms with E-state index in [-0.39, 0.29) is 5.91 Å². The molecule has 1 saturated heterocycles. The van der Waals surface area contributed by atoms with Crippen LogP contribution in [0.4, 0.5) is 0 Å². The zero-order valence-electron chi connectivity index (χ0n) is 9.51. The summed E-state index contributed by atoms with van der Waals surface area (Å²) in [6.07, 6.45) is 0.373. The molecule has 1 aliphatic heterocycles. The summed E-state index contributed by atoms with van der Waals surface area (Å²) < 4.78 is 5.82. The molecule has 0 atom stereocenters. The molecule has 1 aromatic carbocycles. The highest BCUT2D eigenvalue weighted by molar-refractivity contribution is 8.23. The molecule has 1 aromatic rings. The van der Waals surface area contributed by atoms with Crippen LogP contribution in [0.2, 0.25) is 0 Å². The van der Waals surface area contributed by atoms with Crippen molar-refractivity contribution < 1.29 is 9.53 Å². The molecule has 0 aromatic heterocycles. The fourth-order valence-corrected chi connectivity index (χ4v) is 2.91. The molecule has 0 bridgehead atoms. The Morgan fingerprint density at radius 2 is 2.41 bits per heavy atom. The lowest BCUT2D eigenvalue weighted by Crippen LogP contribution is -2.31. The Morgan fingerprint density at radius 3 is 3.06 bits per heavy atom. The molecule has 1 fully saturated rings. The van der Waals surface area contributed by atoms with E-state index >= 15 is 0 Å². The third-order valence-corrected chi connectivity index (χ3v) is 3.98. The van der Waals surface area contributed by atoms with Crippen molar-refractivity contribution in [1.82, 2.24) is 4.90 Å². The van der Waals surface area contributed by atoms with Gasteiger partial charge in [-0.15, -0.1) is 0 Å². The van der Waals surface area contributed by atoms with Gasteiger partial charge in [-0.3, -0.25) is 9.69 Å². The third kappa shape index (κ3) is 2.98. The zero-order valence-corrected chi connectivity index (χ0v) is 11.1. The third-order valence-electron chi connectivity index (χ3n) is 2.55. The molecule has 1 heterocycles. The molecule has 0 radical (unpaired) electrons. The largest absolute Gasteiger partial charge is 0.497 e. The fraction of sp³-hybridized carbons (Fsp3) is 0.333. The highest BCUT2D eigenvalue weighted by atomic mass is 32.2. The van der Waals surface area contributed by atoms with Gasteiger partial charge in [-0.2, -0.15) is 0 Å². The van der Waals surface area contributed by atoms with Crippen LogP contribution in [0.25, 0.3) is 0 Å². The van der Waals surface area contributed by atoms with Gasteiger partial charge >= 0.3 is 0 Å². The van der Waals surface area contributed by atoms with Crippen molar-refractivity contribution in [2.45, 2.75) is 6.42 Å². The molecule has 5 heteroatoms. The Bertz CT molecular complexity index is 448. The second kappa shape index (κ2) is 5.51. The van der Waals surface area contributed by atoms with E-state index in [4.69, 9.17) is 17.0 Å². The van der Waals surface area contributed by atoms with Gasteiger partial charge < -0.3 is 4.74 Å². The number of rotatable bonds is 3. The van der Waals surface area contributed by atoms with Crippen molar-refractivity contribution in [2.75, 3.05) is 19.4 Å². The van der Waals surface area contributed by atoms with Crippen LogP contribution in [0.15, 0.2) is 24.3 Å². The molecular weight excluding hydrogens is 254 g/mol. The minimum absolute atomic E-state index is 0.0632. The average Bonchev–Trinajstić information content (AvgIpc) is 2.76. The summed E-state index contributed by atoms with van der Waals surface area (Å²) in [5.74, 6) is 1.74. The molecule has 90 valence electrons. The summed E-state index contributed by atoms with van der Waals surface area (Å²) in [7, 11) is 1.62. The molecular formula is C12H13NO2S2. The number of carbonyl (C=O) groups excluding carboxylic acids is 1. The van der Waals surface area contributed by atoms with Gasteiger partial charge in [0.05, 0.1) is 13.5 Å². The monoisotopic (exact) mass is 267 g/mol. The number of thiocarbonyl (C=S) groups is 1. The molecule has 0 saturated carbocycles. The summed E-state index contributed by atoms with van der Waals surface area (Å²) >= 11 is 6.69. The zero-order chi connectivity index (χ0) is 12.3. The molecule has 2 rings (SSSR count). The lowest BCUT2D eigenvalue weighted by molar-refractivity contribution is -0.126. The molecule has 1 amide bonds. The molecule has 3 nitrogen and oxygen atoms in total. The van der Waals surface area contributed by atoms with Gasteiger partial charge in [0.2, 0.25) is 5.91 Å². The molecule has 1 aliphatic rings. The first kappa shape index (κ1) is 12.4. The van der Waals surface area contributed by atoms with Gasteiger partial charge in [0.25, 0.3) is 0 Å². The van der Waals surface area contributed by atoms with Gasteiger partial charge in [-0.25, -0.2) is 0 Å². The van der Waals surface area contributed by atoms with E-state index in [1.165, 1.54) is 0 Å². The van der Waals surface area contributed by atoms with Crippen LogP contribution in [0.5, 0.6) is 5.75 Å². The predicted octanol–water partition coefficient (Wildman–Crippen LogP) is 2.10. The lowest BCUT2D eigenvalue weighted by Gasteiger charge is -2.14. The van der Waals surface area contributed by atoms with Gasteiger partial charge in [0.1, 0.15) is 10.1 Å². The standard InChI is InChI=1S/C12H13NO2S2/c1-15-10-4-2-3-9(7-10)8-11(14)13-5-6-17-12(13)16/h2-4,7H,5-6,8H2,1H3. The minimum atomic E-state index is 0.0632. The van der Waals surface area contributed by atoms with Crippen LogP contribution in [-0.4, -0.2) is 34.5 Å². The summed E-state index contributed by atoms with van der Waals surface area (Å²) in [5.41, 5.74) is 0.953. The van der Waals surface area contributed by atoms with Crippen LogP contribution in [-0.2, 0) is 11.2 Å². The number of hydrogen-bond acceptors (Lipinski definition) is 4. The van der Waals surface area contributed by atoms with Crippen LogP contribution in [0.1, 0.15) is 5.56 Å². The number of carbonyl (C=O) groups is 1. The lowest BCUT2D eigenvalue weighted by atomic mass is 10.1. The highest BCUT2D eigenvalue weighted by Gasteiger charge is 2.23. The van der Waals surface area contributed by atoms with Crippen LogP contribution < -0.4 is 4.74 Å². The fourth-order valence-electron chi connectivity index (χ4n) is 1.67. The van der Waals surface area contributed by atoms with Crippen molar-refractivity contribution in [3.05, 3.63) is 29.8 Å². The Morgan fingerprint density at radius 1 is 1.59 bits per heavy atom. The minimum Gasteiger partial charge on any atom is -0.497 e. The Balaban J connectivity index is 2.04. The maximum Gasteiger partial charge on any atom is 0.232 e. The Kier molecular flexibility index (Phi) is 4.02.